The van der Waals surface area contributed by atoms with E-state index in [4.69, 9.17) is 0 Å². The van der Waals surface area contributed by atoms with Crippen molar-refractivity contribution in [2.45, 2.75) is 45.6 Å². The molecule has 2 aromatic rings. The van der Waals surface area contributed by atoms with Gasteiger partial charge in [0.1, 0.15) is 10.7 Å². The lowest BCUT2D eigenvalue weighted by atomic mass is 10.2. The highest BCUT2D eigenvalue weighted by Crippen LogP contribution is 2.40. The molecule has 1 aliphatic carbocycles. The fourth-order valence-corrected chi connectivity index (χ4v) is 3.35. The molecule has 6 heteroatoms. The molecule has 1 saturated carbocycles. The number of nitrogens with one attached hydrogen (secondary N) is 1. The fraction of sp³-hybridized carbons (Fsp3) is 0.533. The second kappa shape index (κ2) is 5.97. The zero-order valence-electron chi connectivity index (χ0n) is 12.4. The molecule has 0 bridgehead atoms. The van der Waals surface area contributed by atoms with E-state index in [1.54, 1.807) is 12.4 Å². The summed E-state index contributed by atoms with van der Waals surface area (Å²) in [5.41, 5.74) is 0. The molecule has 1 atom stereocenters. The van der Waals surface area contributed by atoms with Crippen molar-refractivity contribution < 1.29 is 4.79 Å². The van der Waals surface area contributed by atoms with Crippen molar-refractivity contribution in [1.82, 2.24) is 14.8 Å². The summed E-state index contributed by atoms with van der Waals surface area (Å²) in [4.78, 5) is 17.3. The normalized spacial score (nSPS) is 15.9. The minimum atomic E-state index is -0.0976. The maximum Gasteiger partial charge on any atom is 0.268 e. The van der Waals surface area contributed by atoms with Crippen LogP contribution in [0.2, 0.25) is 0 Å². The van der Waals surface area contributed by atoms with Crippen LogP contribution in [0.4, 0.5) is 5.82 Å². The molecule has 112 valence electrons. The Balaban J connectivity index is 1.70. The number of rotatable bonds is 6. The van der Waals surface area contributed by atoms with Gasteiger partial charge in [0.15, 0.2) is 0 Å². The number of hydrogen-bond donors (Lipinski definition) is 1. The number of nitrogens with zero attached hydrogens (tertiary/aromatic N) is 3. The van der Waals surface area contributed by atoms with Gasteiger partial charge in [0, 0.05) is 6.07 Å². The van der Waals surface area contributed by atoms with Gasteiger partial charge in [0.2, 0.25) is 0 Å². The van der Waals surface area contributed by atoms with E-state index in [2.05, 4.69) is 29.2 Å². The number of aromatic nitrogens is 3. The first-order chi connectivity index (χ1) is 10.2. The predicted octanol–water partition coefficient (Wildman–Crippen LogP) is 3.52. The Morgan fingerprint density at radius 3 is 3.10 bits per heavy atom. The van der Waals surface area contributed by atoms with Gasteiger partial charge in [-0.3, -0.25) is 4.79 Å². The average molecular weight is 304 g/mol. The van der Waals surface area contributed by atoms with E-state index < -0.39 is 0 Å². The molecular weight excluding hydrogens is 284 g/mol. The summed E-state index contributed by atoms with van der Waals surface area (Å²) in [5.74, 6) is 1.37. The maximum atomic E-state index is 12.3. The van der Waals surface area contributed by atoms with Crippen LogP contribution < -0.4 is 5.32 Å². The zero-order chi connectivity index (χ0) is 14.8. The van der Waals surface area contributed by atoms with Crippen molar-refractivity contribution in [2.24, 2.45) is 5.92 Å². The molecule has 5 nitrogen and oxygen atoms in total. The third-order valence-electron chi connectivity index (χ3n) is 3.84. The van der Waals surface area contributed by atoms with Gasteiger partial charge < -0.3 is 5.32 Å². The Kier molecular flexibility index (Phi) is 4.05. The number of amides is 1. The molecule has 0 radical (unpaired) electrons. The molecule has 21 heavy (non-hydrogen) atoms. The Morgan fingerprint density at radius 1 is 1.57 bits per heavy atom. The highest BCUT2D eigenvalue weighted by molar-refractivity contribution is 7.13. The predicted molar refractivity (Wildman–Crippen MR) is 83.7 cm³/mol. The Labute approximate surface area is 128 Å². The van der Waals surface area contributed by atoms with Gasteiger partial charge in [-0.1, -0.05) is 6.92 Å². The van der Waals surface area contributed by atoms with E-state index in [0.29, 0.717) is 16.8 Å². The molecule has 3 rings (SSSR count). The van der Waals surface area contributed by atoms with Gasteiger partial charge in [-0.15, -0.1) is 11.3 Å². The first-order valence-electron chi connectivity index (χ1n) is 7.48. The van der Waals surface area contributed by atoms with Crippen LogP contribution in [0.25, 0.3) is 0 Å². The SMILES string of the molecule is CCCc1ncc(C(=O)Nc2ccnn2[C@@H](C)C2CC2)s1. The summed E-state index contributed by atoms with van der Waals surface area (Å²) in [7, 11) is 0. The molecule has 0 aliphatic heterocycles. The van der Waals surface area contributed by atoms with E-state index in [-0.39, 0.29) is 5.91 Å². The van der Waals surface area contributed by atoms with Gasteiger partial charge in [0.25, 0.3) is 5.91 Å². The van der Waals surface area contributed by atoms with E-state index in [1.807, 2.05) is 10.7 Å². The van der Waals surface area contributed by atoms with Crippen LogP contribution >= 0.6 is 11.3 Å². The van der Waals surface area contributed by atoms with Crippen LogP contribution in [-0.4, -0.2) is 20.7 Å². The van der Waals surface area contributed by atoms with Crippen LogP contribution in [0.1, 0.15) is 53.8 Å². The van der Waals surface area contributed by atoms with Crippen LogP contribution in [0.5, 0.6) is 0 Å². The second-order valence-electron chi connectivity index (χ2n) is 5.56. The van der Waals surface area contributed by atoms with Gasteiger partial charge in [-0.2, -0.15) is 5.10 Å². The molecule has 1 fully saturated rings. The van der Waals surface area contributed by atoms with Crippen molar-refractivity contribution in [3.63, 3.8) is 0 Å². The molecule has 0 aromatic carbocycles. The van der Waals surface area contributed by atoms with Gasteiger partial charge in [0.05, 0.1) is 23.4 Å². The molecule has 1 amide bonds. The summed E-state index contributed by atoms with van der Waals surface area (Å²) < 4.78 is 1.92. The number of anilines is 1. The minimum absolute atomic E-state index is 0.0976. The third-order valence-corrected chi connectivity index (χ3v) is 4.90. The monoisotopic (exact) mass is 304 g/mol. The van der Waals surface area contributed by atoms with Crippen molar-refractivity contribution in [2.75, 3.05) is 5.32 Å². The molecule has 2 aromatic heterocycles. The number of aryl methyl sites for hydroxylation is 1. The molecule has 0 saturated heterocycles. The summed E-state index contributed by atoms with van der Waals surface area (Å²) in [5, 5.41) is 8.32. The van der Waals surface area contributed by atoms with Crippen molar-refractivity contribution in [3.05, 3.63) is 28.3 Å². The fourth-order valence-electron chi connectivity index (χ4n) is 2.44. The highest BCUT2D eigenvalue weighted by atomic mass is 32.1. The number of hydrogen-bond acceptors (Lipinski definition) is 4. The summed E-state index contributed by atoms with van der Waals surface area (Å²) in [6.45, 7) is 4.27. The zero-order valence-corrected chi connectivity index (χ0v) is 13.2. The van der Waals surface area contributed by atoms with Gasteiger partial charge in [-0.25, -0.2) is 9.67 Å². The molecule has 0 spiro atoms. The summed E-state index contributed by atoms with van der Waals surface area (Å²) in [6.07, 6.45) is 7.88. The van der Waals surface area contributed by atoms with E-state index >= 15 is 0 Å². The maximum absolute atomic E-state index is 12.3. The molecule has 2 heterocycles. The standard InChI is InChI=1S/C15H20N4OS/c1-3-4-14-16-9-12(21-14)15(20)18-13-7-8-17-19(13)10(2)11-5-6-11/h7-11H,3-6H2,1-2H3,(H,18,20)/t10-/m0/s1. The average Bonchev–Trinajstić information content (AvgIpc) is 3.04. The highest BCUT2D eigenvalue weighted by Gasteiger charge is 2.30. The second-order valence-corrected chi connectivity index (χ2v) is 6.68. The Morgan fingerprint density at radius 2 is 2.38 bits per heavy atom. The van der Waals surface area contributed by atoms with Crippen LogP contribution in [0, 0.1) is 5.92 Å². The van der Waals surface area contributed by atoms with E-state index in [1.165, 1.54) is 24.2 Å². The first-order valence-corrected chi connectivity index (χ1v) is 8.30. The quantitative estimate of drug-likeness (QED) is 0.888. The van der Waals surface area contributed by atoms with E-state index in [9.17, 15) is 4.79 Å². The van der Waals surface area contributed by atoms with Crippen LogP contribution in [0.3, 0.4) is 0 Å². The Hall–Kier alpha value is -1.69. The molecule has 1 aliphatic rings. The first kappa shape index (κ1) is 14.3. The summed E-state index contributed by atoms with van der Waals surface area (Å²) >= 11 is 1.47. The molecule has 1 N–H and O–H groups in total. The smallest absolute Gasteiger partial charge is 0.268 e. The molecule has 0 unspecified atom stereocenters. The number of carbonyl (C=O) groups excluding carboxylic acids is 1. The van der Waals surface area contributed by atoms with Gasteiger partial charge >= 0.3 is 0 Å². The lowest BCUT2D eigenvalue weighted by Gasteiger charge is -2.14. The van der Waals surface area contributed by atoms with Crippen molar-refractivity contribution in [1.29, 1.82) is 0 Å². The minimum Gasteiger partial charge on any atom is -0.306 e. The number of thiazole rings is 1. The lowest BCUT2D eigenvalue weighted by molar-refractivity contribution is 0.102. The van der Waals surface area contributed by atoms with Crippen LogP contribution in [-0.2, 0) is 6.42 Å². The third kappa shape index (κ3) is 3.15. The lowest BCUT2D eigenvalue weighted by Crippen LogP contribution is -2.17. The summed E-state index contributed by atoms with van der Waals surface area (Å²) in [6, 6.07) is 2.19. The molecular formula is C15H20N4OS. The van der Waals surface area contributed by atoms with Crippen molar-refractivity contribution >= 4 is 23.1 Å². The number of carbonyl (C=O) groups is 1. The largest absolute Gasteiger partial charge is 0.306 e. The van der Waals surface area contributed by atoms with E-state index in [0.717, 1.165) is 23.7 Å². The Bertz CT molecular complexity index is 629. The van der Waals surface area contributed by atoms with Crippen molar-refractivity contribution in [3.8, 4) is 0 Å². The van der Waals surface area contributed by atoms with Crippen LogP contribution in [0.15, 0.2) is 18.5 Å². The topological polar surface area (TPSA) is 59.8 Å². The van der Waals surface area contributed by atoms with Gasteiger partial charge in [-0.05, 0) is 38.5 Å².